The molecular formula is C20H18Cl2N4O4S. The topological polar surface area (TPSA) is 109 Å². The molecule has 0 spiro atoms. The molecule has 0 amide bonds. The number of aromatic amines is 1. The van der Waals surface area contributed by atoms with Gasteiger partial charge in [-0.25, -0.2) is 8.42 Å². The van der Waals surface area contributed by atoms with E-state index in [1.807, 2.05) is 6.07 Å². The van der Waals surface area contributed by atoms with Crippen molar-refractivity contribution in [3.63, 3.8) is 0 Å². The molecule has 0 aliphatic carbocycles. The van der Waals surface area contributed by atoms with Gasteiger partial charge < -0.3 is 0 Å². The molecule has 0 atom stereocenters. The van der Waals surface area contributed by atoms with Gasteiger partial charge in [0.25, 0.3) is 5.69 Å². The van der Waals surface area contributed by atoms with Gasteiger partial charge in [-0.15, -0.1) is 0 Å². The second kappa shape index (κ2) is 8.58. The summed E-state index contributed by atoms with van der Waals surface area (Å²) in [5, 5.41) is 19.6. The van der Waals surface area contributed by atoms with E-state index < -0.39 is 20.6 Å². The van der Waals surface area contributed by atoms with Crippen molar-refractivity contribution in [1.82, 2.24) is 14.5 Å². The van der Waals surface area contributed by atoms with Gasteiger partial charge >= 0.3 is 0 Å². The van der Waals surface area contributed by atoms with E-state index in [1.54, 1.807) is 18.2 Å². The van der Waals surface area contributed by atoms with Crippen LogP contribution in [0.1, 0.15) is 24.5 Å². The normalized spacial score (nSPS) is 15.8. The van der Waals surface area contributed by atoms with Crippen LogP contribution in [0.3, 0.4) is 0 Å². The van der Waals surface area contributed by atoms with E-state index in [-0.39, 0.29) is 23.9 Å². The summed E-state index contributed by atoms with van der Waals surface area (Å²) in [6.07, 6.45) is 1.13. The predicted molar refractivity (Wildman–Crippen MR) is 118 cm³/mol. The van der Waals surface area contributed by atoms with Crippen molar-refractivity contribution in [2.24, 2.45) is 0 Å². The summed E-state index contributed by atoms with van der Waals surface area (Å²) in [5.41, 5.74) is 1.92. The lowest BCUT2D eigenvalue weighted by molar-refractivity contribution is -0.387. The number of para-hydroxylation sites is 1. The van der Waals surface area contributed by atoms with Crippen LogP contribution in [0.5, 0.6) is 0 Å². The van der Waals surface area contributed by atoms with Crippen molar-refractivity contribution < 1.29 is 13.3 Å². The fraction of sp³-hybridized carbons (Fsp3) is 0.250. The Morgan fingerprint density at radius 3 is 2.48 bits per heavy atom. The van der Waals surface area contributed by atoms with Crippen molar-refractivity contribution in [2.45, 2.75) is 23.7 Å². The summed E-state index contributed by atoms with van der Waals surface area (Å²) in [5.74, 6) is 0.0875. The molecule has 0 saturated carbocycles. The lowest BCUT2D eigenvalue weighted by Gasteiger charge is -2.30. The zero-order valence-electron chi connectivity index (χ0n) is 16.2. The van der Waals surface area contributed by atoms with Gasteiger partial charge in [-0.1, -0.05) is 35.3 Å². The van der Waals surface area contributed by atoms with Crippen molar-refractivity contribution in [3.8, 4) is 11.3 Å². The number of hydrogen-bond donors (Lipinski definition) is 1. The lowest BCUT2D eigenvalue weighted by atomic mass is 9.94. The minimum absolute atomic E-state index is 0.0875. The molecule has 2 aromatic carbocycles. The van der Waals surface area contributed by atoms with Crippen molar-refractivity contribution in [1.29, 1.82) is 0 Å². The maximum absolute atomic E-state index is 13.0. The van der Waals surface area contributed by atoms with Crippen LogP contribution in [0.2, 0.25) is 10.0 Å². The molecule has 4 rings (SSSR count). The minimum atomic E-state index is -3.95. The van der Waals surface area contributed by atoms with Crippen LogP contribution < -0.4 is 0 Å². The molecule has 1 aliphatic rings. The maximum Gasteiger partial charge on any atom is 0.289 e. The molecule has 1 N–H and O–H groups in total. The fourth-order valence-electron chi connectivity index (χ4n) is 3.75. The predicted octanol–water partition coefficient (Wildman–Crippen LogP) is 4.86. The van der Waals surface area contributed by atoms with E-state index in [0.717, 1.165) is 11.3 Å². The number of hydrogen-bond acceptors (Lipinski definition) is 5. The molecule has 1 fully saturated rings. The van der Waals surface area contributed by atoms with Gasteiger partial charge in [-0.3, -0.25) is 15.2 Å². The molecule has 1 aliphatic heterocycles. The Kier molecular flexibility index (Phi) is 6.02. The van der Waals surface area contributed by atoms with E-state index in [1.165, 1.54) is 28.6 Å². The third-order valence-corrected chi connectivity index (χ3v) is 7.87. The van der Waals surface area contributed by atoms with Gasteiger partial charge in [0.05, 0.1) is 15.6 Å². The van der Waals surface area contributed by atoms with Crippen molar-refractivity contribution >= 4 is 38.9 Å². The van der Waals surface area contributed by atoms with Crippen LogP contribution in [0.25, 0.3) is 11.3 Å². The zero-order valence-corrected chi connectivity index (χ0v) is 18.5. The highest BCUT2D eigenvalue weighted by molar-refractivity contribution is 7.89. The molecule has 8 nitrogen and oxygen atoms in total. The van der Waals surface area contributed by atoms with Crippen LogP contribution in [0.15, 0.2) is 53.4 Å². The highest BCUT2D eigenvalue weighted by Gasteiger charge is 2.34. The molecule has 0 bridgehead atoms. The van der Waals surface area contributed by atoms with Crippen LogP contribution >= 0.6 is 23.2 Å². The van der Waals surface area contributed by atoms with Gasteiger partial charge in [0.1, 0.15) is 0 Å². The molecule has 2 heterocycles. The Bertz CT molecular complexity index is 1240. The first kappa shape index (κ1) is 21.8. The number of piperidine rings is 1. The van der Waals surface area contributed by atoms with E-state index in [4.69, 9.17) is 23.2 Å². The number of H-pyrrole nitrogens is 1. The van der Waals surface area contributed by atoms with Crippen LogP contribution in [-0.2, 0) is 10.0 Å². The average molecular weight is 481 g/mol. The summed E-state index contributed by atoms with van der Waals surface area (Å²) in [7, 11) is -3.95. The molecule has 162 valence electrons. The molecule has 11 heteroatoms. The van der Waals surface area contributed by atoms with Crippen molar-refractivity contribution in [2.75, 3.05) is 13.1 Å². The number of nitro benzene ring substituents is 1. The number of nitrogens with zero attached hydrogens (tertiary/aromatic N) is 3. The Labute approximate surface area is 189 Å². The highest BCUT2D eigenvalue weighted by atomic mass is 35.5. The molecule has 3 aromatic rings. The quantitative estimate of drug-likeness (QED) is 0.414. The minimum Gasteiger partial charge on any atom is -0.282 e. The number of halogens is 2. The Balaban J connectivity index is 1.50. The number of rotatable bonds is 5. The monoisotopic (exact) mass is 480 g/mol. The van der Waals surface area contributed by atoms with Gasteiger partial charge in [0.15, 0.2) is 4.90 Å². The number of nitro groups is 1. The van der Waals surface area contributed by atoms with Crippen molar-refractivity contribution in [3.05, 3.63) is 74.4 Å². The maximum atomic E-state index is 13.0. The first-order chi connectivity index (χ1) is 14.8. The fourth-order valence-corrected chi connectivity index (χ4v) is 5.89. The molecule has 0 unspecified atom stereocenters. The van der Waals surface area contributed by atoms with E-state index in [9.17, 15) is 18.5 Å². The average Bonchev–Trinajstić information content (AvgIpc) is 3.23. The first-order valence-corrected chi connectivity index (χ1v) is 11.7. The lowest BCUT2D eigenvalue weighted by Crippen LogP contribution is -2.38. The summed E-state index contributed by atoms with van der Waals surface area (Å²) >= 11 is 12.2. The third kappa shape index (κ3) is 4.31. The van der Waals surface area contributed by atoms with Crippen LogP contribution in [0.4, 0.5) is 5.69 Å². The Morgan fingerprint density at radius 1 is 1.10 bits per heavy atom. The number of benzene rings is 2. The molecular weight excluding hydrogens is 463 g/mol. The second-order valence-electron chi connectivity index (χ2n) is 7.24. The smallest absolute Gasteiger partial charge is 0.282 e. The third-order valence-electron chi connectivity index (χ3n) is 5.38. The van der Waals surface area contributed by atoms with E-state index in [0.29, 0.717) is 28.6 Å². The standard InChI is InChI=1S/C20H18Cl2N4O4S/c21-14-5-6-15(16(22)11-14)18-12-17(23-24-18)13-7-9-25(10-8-13)31(29,30)20-4-2-1-3-19(20)26(27)28/h1-6,11-13H,7-10H2,(H,23,24). The zero-order chi connectivity index (χ0) is 22.2. The second-order valence-corrected chi connectivity index (χ2v) is 9.99. The molecule has 1 aromatic heterocycles. The summed E-state index contributed by atoms with van der Waals surface area (Å²) < 4.78 is 27.3. The molecule has 31 heavy (non-hydrogen) atoms. The number of nitrogens with one attached hydrogen (secondary N) is 1. The summed E-state index contributed by atoms with van der Waals surface area (Å²) in [4.78, 5) is 10.3. The van der Waals surface area contributed by atoms with E-state index in [2.05, 4.69) is 10.2 Å². The van der Waals surface area contributed by atoms with Gasteiger partial charge in [0.2, 0.25) is 10.0 Å². The first-order valence-electron chi connectivity index (χ1n) is 9.51. The molecule has 1 saturated heterocycles. The largest absolute Gasteiger partial charge is 0.289 e. The highest BCUT2D eigenvalue weighted by Crippen LogP contribution is 2.35. The number of aromatic nitrogens is 2. The van der Waals surface area contributed by atoms with E-state index >= 15 is 0 Å². The Hall–Kier alpha value is -2.46. The van der Waals surface area contributed by atoms with Gasteiger partial charge in [-0.05, 0) is 43.2 Å². The summed E-state index contributed by atoms with van der Waals surface area (Å²) in [6, 6.07) is 12.5. The van der Waals surface area contributed by atoms with Gasteiger partial charge in [0, 0.05) is 41.4 Å². The Morgan fingerprint density at radius 2 is 1.81 bits per heavy atom. The van der Waals surface area contributed by atoms with Gasteiger partial charge in [-0.2, -0.15) is 9.40 Å². The SMILES string of the molecule is O=[N+]([O-])c1ccccc1S(=O)(=O)N1CCC(c2cc(-c3ccc(Cl)cc3Cl)n[nH]2)CC1. The number of sulfonamides is 1. The molecule has 0 radical (unpaired) electrons. The van der Waals surface area contributed by atoms with Crippen LogP contribution in [-0.4, -0.2) is 40.9 Å². The summed E-state index contributed by atoms with van der Waals surface area (Å²) in [6.45, 7) is 0.518. The van der Waals surface area contributed by atoms with Crippen LogP contribution in [0, 0.1) is 10.1 Å².